The molecular weight excluding hydrogens is 264 g/mol. The molecule has 0 bridgehead atoms. The molecule has 1 saturated carbocycles. The summed E-state index contributed by atoms with van der Waals surface area (Å²) in [5, 5.41) is 2.93. The van der Waals surface area contributed by atoms with Gasteiger partial charge >= 0.3 is 0 Å². The molecule has 1 saturated heterocycles. The van der Waals surface area contributed by atoms with Crippen molar-refractivity contribution >= 4 is 11.8 Å². The minimum absolute atomic E-state index is 0.0363. The lowest BCUT2D eigenvalue weighted by molar-refractivity contribution is -0.150. The van der Waals surface area contributed by atoms with Crippen molar-refractivity contribution in [2.45, 2.75) is 77.8 Å². The van der Waals surface area contributed by atoms with E-state index in [4.69, 9.17) is 0 Å². The number of hydrogen-bond donors (Lipinski definition) is 1. The zero-order chi connectivity index (χ0) is 15.4. The number of piperazine rings is 1. The third-order valence-electron chi connectivity index (χ3n) is 4.92. The van der Waals surface area contributed by atoms with E-state index in [2.05, 4.69) is 19.2 Å². The van der Waals surface area contributed by atoms with Crippen LogP contribution in [0.3, 0.4) is 0 Å². The van der Waals surface area contributed by atoms with Gasteiger partial charge in [-0.2, -0.15) is 0 Å². The Morgan fingerprint density at radius 3 is 2.48 bits per heavy atom. The fourth-order valence-corrected chi connectivity index (χ4v) is 3.75. The number of amides is 2. The molecule has 4 heteroatoms. The van der Waals surface area contributed by atoms with Crippen LogP contribution in [0.1, 0.15) is 65.7 Å². The van der Waals surface area contributed by atoms with Gasteiger partial charge in [0.05, 0.1) is 0 Å². The van der Waals surface area contributed by atoms with E-state index in [0.29, 0.717) is 12.3 Å². The summed E-state index contributed by atoms with van der Waals surface area (Å²) in [7, 11) is 0. The van der Waals surface area contributed by atoms with Crippen LogP contribution in [0.5, 0.6) is 0 Å². The summed E-state index contributed by atoms with van der Waals surface area (Å²) in [6, 6.07) is -0.578. The summed E-state index contributed by atoms with van der Waals surface area (Å²) in [6.45, 7) is 6.93. The number of carbonyl (C=O) groups excluding carboxylic acids is 2. The van der Waals surface area contributed by atoms with Gasteiger partial charge in [0, 0.05) is 6.54 Å². The van der Waals surface area contributed by atoms with Crippen molar-refractivity contribution in [2.24, 2.45) is 11.8 Å². The van der Waals surface area contributed by atoms with E-state index in [1.165, 1.54) is 25.7 Å². The first-order chi connectivity index (χ1) is 10.0. The summed E-state index contributed by atoms with van der Waals surface area (Å²) in [5.41, 5.74) is 0. The summed E-state index contributed by atoms with van der Waals surface area (Å²) in [6.07, 6.45) is 7.74. The molecule has 2 atom stereocenters. The molecule has 1 heterocycles. The van der Waals surface area contributed by atoms with Crippen LogP contribution in [0.15, 0.2) is 0 Å². The number of rotatable bonds is 6. The van der Waals surface area contributed by atoms with Gasteiger partial charge in [0.2, 0.25) is 11.8 Å². The Morgan fingerprint density at radius 1 is 1.24 bits per heavy atom. The molecular formula is C17H30N2O2. The van der Waals surface area contributed by atoms with E-state index in [-0.39, 0.29) is 23.9 Å². The van der Waals surface area contributed by atoms with Crippen LogP contribution in [0.4, 0.5) is 0 Å². The average Bonchev–Trinajstić information content (AvgIpc) is 2.93. The maximum Gasteiger partial charge on any atom is 0.245 e. The van der Waals surface area contributed by atoms with Crippen LogP contribution in [-0.2, 0) is 9.59 Å². The van der Waals surface area contributed by atoms with Crippen molar-refractivity contribution in [3.63, 3.8) is 0 Å². The third-order valence-corrected chi connectivity index (χ3v) is 4.92. The van der Waals surface area contributed by atoms with Crippen LogP contribution in [-0.4, -0.2) is 35.3 Å². The molecule has 2 fully saturated rings. The second kappa shape index (κ2) is 7.28. The van der Waals surface area contributed by atoms with Gasteiger partial charge in [0.25, 0.3) is 0 Å². The monoisotopic (exact) mass is 294 g/mol. The van der Waals surface area contributed by atoms with Crippen LogP contribution in [0.25, 0.3) is 0 Å². The van der Waals surface area contributed by atoms with E-state index in [9.17, 15) is 9.59 Å². The van der Waals surface area contributed by atoms with Gasteiger partial charge in [-0.3, -0.25) is 9.59 Å². The Bertz CT molecular complexity index is 375. The smallest absolute Gasteiger partial charge is 0.245 e. The summed E-state index contributed by atoms with van der Waals surface area (Å²) < 4.78 is 0. The molecule has 21 heavy (non-hydrogen) atoms. The topological polar surface area (TPSA) is 49.4 Å². The van der Waals surface area contributed by atoms with Gasteiger partial charge in [0.1, 0.15) is 12.1 Å². The second-order valence-corrected chi connectivity index (χ2v) is 7.09. The first kappa shape index (κ1) is 16.3. The standard InChI is InChI=1S/C17H30N2O2/c1-4-15-16(20)18-14(11-12(2)3)17(21)19(15)10-9-13-7-5-6-8-13/h12-15H,4-11H2,1-3H3,(H,18,20). The molecule has 0 spiro atoms. The number of nitrogens with one attached hydrogen (secondary N) is 1. The number of hydrogen-bond acceptors (Lipinski definition) is 2. The van der Waals surface area contributed by atoms with E-state index in [1.807, 2.05) is 11.8 Å². The average molecular weight is 294 g/mol. The van der Waals surface area contributed by atoms with Crippen molar-refractivity contribution < 1.29 is 9.59 Å². The van der Waals surface area contributed by atoms with Crippen molar-refractivity contribution in [1.82, 2.24) is 10.2 Å². The van der Waals surface area contributed by atoms with Gasteiger partial charge in [-0.25, -0.2) is 0 Å². The highest BCUT2D eigenvalue weighted by Gasteiger charge is 2.39. The number of carbonyl (C=O) groups is 2. The highest BCUT2D eigenvalue weighted by atomic mass is 16.2. The third kappa shape index (κ3) is 3.98. The van der Waals surface area contributed by atoms with Crippen molar-refractivity contribution in [3.05, 3.63) is 0 Å². The molecule has 0 aromatic heterocycles. The molecule has 2 amide bonds. The Balaban J connectivity index is 2.01. The second-order valence-electron chi connectivity index (χ2n) is 7.09. The summed E-state index contributed by atoms with van der Waals surface area (Å²) >= 11 is 0. The molecule has 1 N–H and O–H groups in total. The molecule has 1 aliphatic heterocycles. The lowest BCUT2D eigenvalue weighted by Gasteiger charge is -2.39. The van der Waals surface area contributed by atoms with Gasteiger partial charge in [-0.05, 0) is 31.1 Å². The Morgan fingerprint density at radius 2 is 1.90 bits per heavy atom. The predicted octanol–water partition coefficient (Wildman–Crippen LogP) is 2.72. The minimum Gasteiger partial charge on any atom is -0.342 e. The Kier molecular flexibility index (Phi) is 5.65. The summed E-state index contributed by atoms with van der Waals surface area (Å²) in [4.78, 5) is 26.8. The van der Waals surface area contributed by atoms with Crippen LogP contribution < -0.4 is 5.32 Å². The van der Waals surface area contributed by atoms with Crippen LogP contribution >= 0.6 is 0 Å². The lowest BCUT2D eigenvalue weighted by atomic mass is 9.96. The normalized spacial score (nSPS) is 27.5. The quantitative estimate of drug-likeness (QED) is 0.819. The zero-order valence-corrected chi connectivity index (χ0v) is 13.7. The van der Waals surface area contributed by atoms with Crippen LogP contribution in [0, 0.1) is 11.8 Å². The van der Waals surface area contributed by atoms with Gasteiger partial charge in [-0.1, -0.05) is 46.5 Å². The molecule has 2 rings (SSSR count). The van der Waals surface area contributed by atoms with Crippen molar-refractivity contribution in [3.8, 4) is 0 Å². The first-order valence-electron chi connectivity index (χ1n) is 8.63. The zero-order valence-electron chi connectivity index (χ0n) is 13.7. The highest BCUT2D eigenvalue weighted by molar-refractivity contribution is 5.96. The molecule has 0 aromatic rings. The number of nitrogens with zero attached hydrogens (tertiary/aromatic N) is 1. The molecule has 120 valence electrons. The van der Waals surface area contributed by atoms with Crippen molar-refractivity contribution in [2.75, 3.05) is 6.54 Å². The molecule has 0 radical (unpaired) electrons. The highest BCUT2D eigenvalue weighted by Crippen LogP contribution is 2.28. The van der Waals surface area contributed by atoms with Gasteiger partial charge < -0.3 is 10.2 Å². The van der Waals surface area contributed by atoms with Crippen molar-refractivity contribution in [1.29, 1.82) is 0 Å². The lowest BCUT2D eigenvalue weighted by Crippen LogP contribution is -2.63. The largest absolute Gasteiger partial charge is 0.342 e. The SMILES string of the molecule is CCC1C(=O)NC(CC(C)C)C(=O)N1CCC1CCCC1. The molecule has 0 aromatic carbocycles. The fraction of sp³-hybridized carbons (Fsp3) is 0.882. The Labute approximate surface area is 128 Å². The Hall–Kier alpha value is -1.06. The first-order valence-corrected chi connectivity index (χ1v) is 8.63. The van der Waals surface area contributed by atoms with Gasteiger partial charge in [0.15, 0.2) is 0 Å². The minimum atomic E-state index is -0.316. The van der Waals surface area contributed by atoms with E-state index >= 15 is 0 Å². The molecule has 2 unspecified atom stereocenters. The van der Waals surface area contributed by atoms with Gasteiger partial charge in [-0.15, -0.1) is 0 Å². The van der Waals surface area contributed by atoms with Crippen LogP contribution in [0.2, 0.25) is 0 Å². The van der Waals surface area contributed by atoms with E-state index < -0.39 is 0 Å². The predicted molar refractivity (Wildman–Crippen MR) is 83.8 cm³/mol. The fourth-order valence-electron chi connectivity index (χ4n) is 3.75. The molecule has 2 aliphatic rings. The molecule has 4 nitrogen and oxygen atoms in total. The summed E-state index contributed by atoms with van der Waals surface area (Å²) in [5.74, 6) is 1.33. The van der Waals surface area contributed by atoms with E-state index in [1.54, 1.807) is 0 Å². The maximum atomic E-state index is 12.7. The maximum absolute atomic E-state index is 12.7. The van der Waals surface area contributed by atoms with E-state index in [0.717, 1.165) is 25.3 Å². The molecule has 1 aliphatic carbocycles.